The minimum absolute atomic E-state index is 0.0365. The van der Waals surface area contributed by atoms with Gasteiger partial charge >= 0.3 is 0 Å². The summed E-state index contributed by atoms with van der Waals surface area (Å²) in [6.45, 7) is 0.935. The Morgan fingerprint density at radius 2 is 2.29 bits per heavy atom. The van der Waals surface area contributed by atoms with Gasteiger partial charge in [-0.1, -0.05) is 11.6 Å². The maximum Gasteiger partial charge on any atom is 0.300 e. The molecule has 0 unspecified atom stereocenters. The zero-order chi connectivity index (χ0) is 12.8. The maximum atomic E-state index is 11.7. The number of pyridine rings is 1. The highest BCUT2D eigenvalue weighted by atomic mass is 35.5. The van der Waals surface area contributed by atoms with Gasteiger partial charge in [-0.3, -0.25) is 14.9 Å². The van der Waals surface area contributed by atoms with E-state index in [1.54, 1.807) is 7.05 Å². The van der Waals surface area contributed by atoms with Gasteiger partial charge in [0.05, 0.1) is 4.92 Å². The molecule has 8 heteroatoms. The average Bonchev–Trinajstić information content (AvgIpc) is 2.28. The number of carbonyl (C=O) groups is 1. The second kappa shape index (κ2) is 6.12. The molecule has 0 aliphatic heterocycles. The number of halogens is 1. The van der Waals surface area contributed by atoms with Gasteiger partial charge in [-0.15, -0.1) is 0 Å². The first-order chi connectivity index (χ1) is 8.06. The first kappa shape index (κ1) is 13.3. The molecule has 0 aromatic carbocycles. The summed E-state index contributed by atoms with van der Waals surface area (Å²) in [5.41, 5.74) is -0.456. The zero-order valence-corrected chi connectivity index (χ0v) is 9.82. The lowest BCUT2D eigenvalue weighted by Gasteiger charge is -2.05. The van der Waals surface area contributed by atoms with E-state index in [4.69, 9.17) is 11.6 Å². The third kappa shape index (κ3) is 3.65. The van der Waals surface area contributed by atoms with E-state index in [1.807, 2.05) is 0 Å². The molecule has 0 aliphatic rings. The van der Waals surface area contributed by atoms with E-state index >= 15 is 0 Å². The van der Waals surface area contributed by atoms with Crippen LogP contribution >= 0.6 is 11.6 Å². The second-order valence-corrected chi connectivity index (χ2v) is 3.53. The highest BCUT2D eigenvalue weighted by molar-refractivity contribution is 6.29. The Labute approximate surface area is 102 Å². The fourth-order valence-electron chi connectivity index (χ4n) is 1.15. The smallest absolute Gasteiger partial charge is 0.300 e. The molecule has 0 saturated carbocycles. The van der Waals surface area contributed by atoms with Crippen molar-refractivity contribution in [3.8, 4) is 0 Å². The first-order valence-corrected chi connectivity index (χ1v) is 5.16. The largest absolute Gasteiger partial charge is 0.351 e. The molecule has 0 fully saturated rings. The van der Waals surface area contributed by atoms with Crippen LogP contribution in [0.5, 0.6) is 0 Å². The Bertz CT molecular complexity index is 438. The van der Waals surface area contributed by atoms with Crippen LogP contribution in [0.1, 0.15) is 10.4 Å². The van der Waals surface area contributed by atoms with Gasteiger partial charge in [0, 0.05) is 13.1 Å². The quantitative estimate of drug-likeness (QED) is 0.349. The third-order valence-corrected chi connectivity index (χ3v) is 2.16. The van der Waals surface area contributed by atoms with Crippen LogP contribution in [-0.2, 0) is 0 Å². The molecule has 0 spiro atoms. The number of amides is 1. The minimum atomic E-state index is -0.670. The van der Waals surface area contributed by atoms with Crippen LogP contribution in [-0.4, -0.2) is 36.0 Å². The molecule has 0 aliphatic carbocycles. The van der Waals surface area contributed by atoms with Crippen LogP contribution in [0.4, 0.5) is 5.69 Å². The average molecular weight is 259 g/mol. The summed E-state index contributed by atoms with van der Waals surface area (Å²) in [6, 6.07) is 1.17. The van der Waals surface area contributed by atoms with Gasteiger partial charge in [0.25, 0.3) is 11.6 Å². The van der Waals surface area contributed by atoms with Crippen LogP contribution in [0.3, 0.4) is 0 Å². The van der Waals surface area contributed by atoms with Gasteiger partial charge in [-0.05, 0) is 13.1 Å². The van der Waals surface area contributed by atoms with Crippen LogP contribution < -0.4 is 10.6 Å². The third-order valence-electron chi connectivity index (χ3n) is 1.95. The van der Waals surface area contributed by atoms with E-state index in [0.29, 0.717) is 13.1 Å². The molecular weight excluding hydrogens is 248 g/mol. The lowest BCUT2D eigenvalue weighted by Crippen LogP contribution is -2.30. The highest BCUT2D eigenvalue weighted by Gasteiger charge is 2.20. The maximum absolute atomic E-state index is 11.7. The number of aromatic nitrogens is 1. The molecule has 17 heavy (non-hydrogen) atoms. The van der Waals surface area contributed by atoms with E-state index in [9.17, 15) is 14.9 Å². The molecule has 92 valence electrons. The molecule has 0 saturated heterocycles. The van der Waals surface area contributed by atoms with Crippen molar-refractivity contribution in [1.29, 1.82) is 0 Å². The summed E-state index contributed by atoms with van der Waals surface area (Å²) in [5, 5.41) is 16.1. The summed E-state index contributed by atoms with van der Waals surface area (Å²) in [5.74, 6) is -0.545. The molecule has 0 atom stereocenters. The van der Waals surface area contributed by atoms with Crippen LogP contribution in [0, 0.1) is 10.1 Å². The second-order valence-electron chi connectivity index (χ2n) is 3.14. The molecule has 7 nitrogen and oxygen atoms in total. The molecule has 1 aromatic rings. The van der Waals surface area contributed by atoms with Gasteiger partial charge in [-0.2, -0.15) is 0 Å². The number of hydrogen-bond acceptors (Lipinski definition) is 5. The molecule has 0 radical (unpaired) electrons. The van der Waals surface area contributed by atoms with Crippen molar-refractivity contribution in [3.63, 3.8) is 0 Å². The lowest BCUT2D eigenvalue weighted by molar-refractivity contribution is -0.385. The minimum Gasteiger partial charge on any atom is -0.351 e. The lowest BCUT2D eigenvalue weighted by atomic mass is 10.2. The van der Waals surface area contributed by atoms with Crippen molar-refractivity contribution in [3.05, 3.63) is 33.1 Å². The topological polar surface area (TPSA) is 97.2 Å². The van der Waals surface area contributed by atoms with E-state index in [2.05, 4.69) is 15.6 Å². The van der Waals surface area contributed by atoms with E-state index in [0.717, 1.165) is 6.20 Å². The normalized spacial score (nSPS) is 10.0. The number of carbonyl (C=O) groups excluding carboxylic acids is 1. The molecule has 1 aromatic heterocycles. The summed E-state index contributed by atoms with van der Waals surface area (Å²) >= 11 is 5.60. The van der Waals surface area contributed by atoms with E-state index in [1.165, 1.54) is 6.07 Å². The van der Waals surface area contributed by atoms with Crippen LogP contribution in [0.25, 0.3) is 0 Å². The predicted octanol–water partition coefficient (Wildman–Crippen LogP) is 0.592. The Morgan fingerprint density at radius 3 is 2.88 bits per heavy atom. The Hall–Kier alpha value is -1.73. The molecular formula is C9H11ClN4O3. The van der Waals surface area contributed by atoms with Crippen molar-refractivity contribution in [2.24, 2.45) is 0 Å². The molecule has 0 bridgehead atoms. The number of likely N-dealkylation sites (N-methyl/N-ethyl adjacent to an activating group) is 1. The van der Waals surface area contributed by atoms with Gasteiger partial charge in [-0.25, -0.2) is 4.98 Å². The SMILES string of the molecule is CNCCNC(=O)c1cc(Cl)ncc1[N+](=O)[O-]. The summed E-state index contributed by atoms with van der Waals surface area (Å²) in [6.07, 6.45) is 0.968. The zero-order valence-electron chi connectivity index (χ0n) is 9.07. The first-order valence-electron chi connectivity index (χ1n) is 4.79. The fourth-order valence-corrected chi connectivity index (χ4v) is 1.30. The monoisotopic (exact) mass is 258 g/mol. The molecule has 1 rings (SSSR count). The van der Waals surface area contributed by atoms with Gasteiger partial charge in [0.1, 0.15) is 16.9 Å². The Kier molecular flexibility index (Phi) is 4.80. The molecule has 1 amide bonds. The van der Waals surface area contributed by atoms with Crippen molar-refractivity contribution >= 4 is 23.2 Å². The van der Waals surface area contributed by atoms with Crippen molar-refractivity contribution < 1.29 is 9.72 Å². The van der Waals surface area contributed by atoms with Gasteiger partial charge in [0.2, 0.25) is 0 Å². The predicted molar refractivity (Wildman–Crippen MR) is 62.2 cm³/mol. The van der Waals surface area contributed by atoms with E-state index in [-0.39, 0.29) is 16.4 Å². The van der Waals surface area contributed by atoms with Crippen molar-refractivity contribution in [2.75, 3.05) is 20.1 Å². The summed E-state index contributed by atoms with van der Waals surface area (Å²) in [7, 11) is 1.73. The van der Waals surface area contributed by atoms with Crippen LogP contribution in [0.2, 0.25) is 5.15 Å². The van der Waals surface area contributed by atoms with Gasteiger partial charge < -0.3 is 10.6 Å². The Morgan fingerprint density at radius 1 is 1.59 bits per heavy atom. The standard InChI is InChI=1S/C9H11ClN4O3/c1-11-2-3-12-9(15)6-4-8(10)13-5-7(6)14(16)17/h4-5,11H,2-3H2,1H3,(H,12,15). The number of nitrogens with one attached hydrogen (secondary N) is 2. The van der Waals surface area contributed by atoms with Crippen LogP contribution in [0.15, 0.2) is 12.3 Å². The molecule has 1 heterocycles. The number of nitrogens with zero attached hydrogens (tertiary/aromatic N) is 2. The number of nitro groups is 1. The summed E-state index contributed by atoms with van der Waals surface area (Å²) in [4.78, 5) is 25.3. The van der Waals surface area contributed by atoms with Crippen molar-refractivity contribution in [2.45, 2.75) is 0 Å². The van der Waals surface area contributed by atoms with E-state index < -0.39 is 10.8 Å². The fraction of sp³-hybridized carbons (Fsp3) is 0.333. The Balaban J connectivity index is 2.90. The summed E-state index contributed by atoms with van der Waals surface area (Å²) < 4.78 is 0. The van der Waals surface area contributed by atoms with Crippen molar-refractivity contribution in [1.82, 2.24) is 15.6 Å². The number of rotatable bonds is 5. The molecule has 2 N–H and O–H groups in total. The number of hydrogen-bond donors (Lipinski definition) is 2. The highest BCUT2D eigenvalue weighted by Crippen LogP contribution is 2.19. The van der Waals surface area contributed by atoms with Gasteiger partial charge in [0.15, 0.2) is 0 Å².